The molecule has 16 heavy (non-hydrogen) atoms. The Morgan fingerprint density at radius 3 is 3.00 bits per heavy atom. The highest BCUT2D eigenvalue weighted by Crippen LogP contribution is 2.29. The van der Waals surface area contributed by atoms with Crippen molar-refractivity contribution in [2.75, 3.05) is 24.5 Å². The van der Waals surface area contributed by atoms with Crippen LogP contribution in [0.4, 0.5) is 10.1 Å². The molecule has 2 aliphatic heterocycles. The van der Waals surface area contributed by atoms with E-state index in [9.17, 15) is 4.39 Å². The van der Waals surface area contributed by atoms with Gasteiger partial charge in [0, 0.05) is 19.1 Å². The first-order valence-electron chi connectivity index (χ1n) is 6.07. The Hall–Kier alpha value is -1.09. The van der Waals surface area contributed by atoms with Crippen LogP contribution >= 0.6 is 0 Å². The number of nitrogens with one attached hydrogen (secondary N) is 1. The second-order valence-corrected chi connectivity index (χ2v) is 4.80. The van der Waals surface area contributed by atoms with Gasteiger partial charge in [-0.1, -0.05) is 12.1 Å². The largest absolute Gasteiger partial charge is 0.368 e. The van der Waals surface area contributed by atoms with Crippen LogP contribution in [0.2, 0.25) is 0 Å². The van der Waals surface area contributed by atoms with Gasteiger partial charge in [-0.2, -0.15) is 0 Å². The van der Waals surface area contributed by atoms with E-state index in [2.05, 4.69) is 10.2 Å². The monoisotopic (exact) mass is 220 g/mol. The highest BCUT2D eigenvalue weighted by molar-refractivity contribution is 5.48. The van der Waals surface area contributed by atoms with Crippen molar-refractivity contribution in [1.82, 2.24) is 5.32 Å². The third-order valence-corrected chi connectivity index (χ3v) is 3.87. The maximum atomic E-state index is 13.7. The van der Waals surface area contributed by atoms with Crippen molar-refractivity contribution >= 4 is 5.69 Å². The first kappa shape index (κ1) is 10.1. The number of halogens is 1. The van der Waals surface area contributed by atoms with Crippen LogP contribution in [0.3, 0.4) is 0 Å². The van der Waals surface area contributed by atoms with Crippen molar-refractivity contribution in [2.24, 2.45) is 5.92 Å². The molecule has 0 radical (unpaired) electrons. The van der Waals surface area contributed by atoms with Gasteiger partial charge in [0.05, 0.1) is 5.69 Å². The number of nitrogens with zero attached hydrogens (tertiary/aromatic N) is 1. The highest BCUT2D eigenvalue weighted by atomic mass is 19.1. The van der Waals surface area contributed by atoms with Crippen molar-refractivity contribution in [3.63, 3.8) is 0 Å². The molecular weight excluding hydrogens is 203 g/mol. The normalized spacial score (nSPS) is 29.2. The summed E-state index contributed by atoms with van der Waals surface area (Å²) in [4.78, 5) is 2.18. The first-order valence-corrected chi connectivity index (χ1v) is 6.07. The number of para-hydroxylation sites is 1. The number of fused-ring (bicyclic) bond motifs is 1. The van der Waals surface area contributed by atoms with E-state index >= 15 is 0 Å². The maximum absolute atomic E-state index is 13.7. The molecule has 3 heteroatoms. The van der Waals surface area contributed by atoms with Gasteiger partial charge in [0.25, 0.3) is 0 Å². The molecule has 2 fully saturated rings. The molecule has 0 amide bonds. The molecule has 86 valence electrons. The number of anilines is 1. The van der Waals surface area contributed by atoms with E-state index in [0.717, 1.165) is 31.2 Å². The van der Waals surface area contributed by atoms with Crippen LogP contribution in [0.15, 0.2) is 24.3 Å². The fourth-order valence-electron chi connectivity index (χ4n) is 2.96. The topological polar surface area (TPSA) is 15.3 Å². The molecule has 2 aliphatic rings. The van der Waals surface area contributed by atoms with Gasteiger partial charge in [0.1, 0.15) is 5.82 Å². The van der Waals surface area contributed by atoms with Crippen LogP contribution in [-0.2, 0) is 0 Å². The molecule has 2 saturated heterocycles. The molecule has 2 unspecified atom stereocenters. The zero-order valence-corrected chi connectivity index (χ0v) is 9.32. The van der Waals surface area contributed by atoms with Gasteiger partial charge in [-0.15, -0.1) is 0 Å². The molecular formula is C13H17FN2. The highest BCUT2D eigenvalue weighted by Gasteiger charge is 2.33. The van der Waals surface area contributed by atoms with E-state index in [1.165, 1.54) is 12.8 Å². The summed E-state index contributed by atoms with van der Waals surface area (Å²) < 4.78 is 13.7. The van der Waals surface area contributed by atoms with E-state index < -0.39 is 0 Å². The second kappa shape index (κ2) is 4.06. The first-order chi connectivity index (χ1) is 7.84. The lowest BCUT2D eigenvalue weighted by molar-refractivity contribution is 0.371. The lowest BCUT2D eigenvalue weighted by Gasteiger charge is -2.36. The van der Waals surface area contributed by atoms with Gasteiger partial charge in [-0.3, -0.25) is 0 Å². The Labute approximate surface area is 95.4 Å². The van der Waals surface area contributed by atoms with Gasteiger partial charge in [-0.05, 0) is 37.4 Å². The van der Waals surface area contributed by atoms with Crippen LogP contribution in [0, 0.1) is 11.7 Å². The summed E-state index contributed by atoms with van der Waals surface area (Å²) in [6.07, 6.45) is 2.47. The minimum atomic E-state index is -0.0982. The molecule has 0 saturated carbocycles. The molecule has 0 aliphatic carbocycles. The average molecular weight is 220 g/mol. The minimum absolute atomic E-state index is 0.0982. The standard InChI is InChI=1S/C13H17FN2/c14-11-3-1-2-4-13(11)16-8-6-10-5-7-15-12(10)9-16/h1-4,10,12,15H,5-9H2. The molecule has 1 N–H and O–H groups in total. The molecule has 1 aromatic rings. The summed E-state index contributed by atoms with van der Waals surface area (Å²) in [5, 5.41) is 3.51. The van der Waals surface area contributed by atoms with Gasteiger partial charge >= 0.3 is 0 Å². The SMILES string of the molecule is Fc1ccccc1N1CCC2CCNC2C1. The van der Waals surface area contributed by atoms with E-state index in [-0.39, 0.29) is 5.82 Å². The van der Waals surface area contributed by atoms with Crippen molar-refractivity contribution in [2.45, 2.75) is 18.9 Å². The zero-order valence-electron chi connectivity index (χ0n) is 9.32. The molecule has 3 rings (SSSR count). The Morgan fingerprint density at radius 2 is 2.12 bits per heavy atom. The Kier molecular flexibility index (Phi) is 2.56. The molecule has 1 aromatic carbocycles. The number of piperidine rings is 1. The lowest BCUT2D eigenvalue weighted by atomic mass is 9.92. The smallest absolute Gasteiger partial charge is 0.146 e. The minimum Gasteiger partial charge on any atom is -0.368 e. The summed E-state index contributed by atoms with van der Waals surface area (Å²) in [6, 6.07) is 7.65. The molecule has 0 spiro atoms. The van der Waals surface area contributed by atoms with Crippen LogP contribution in [0.5, 0.6) is 0 Å². The number of rotatable bonds is 1. The van der Waals surface area contributed by atoms with Crippen molar-refractivity contribution < 1.29 is 4.39 Å². The summed E-state index contributed by atoms with van der Waals surface area (Å²) >= 11 is 0. The van der Waals surface area contributed by atoms with Crippen LogP contribution in [-0.4, -0.2) is 25.7 Å². The van der Waals surface area contributed by atoms with Crippen molar-refractivity contribution in [1.29, 1.82) is 0 Å². The summed E-state index contributed by atoms with van der Waals surface area (Å²) in [6.45, 7) is 3.07. The quantitative estimate of drug-likeness (QED) is 0.779. The van der Waals surface area contributed by atoms with Gasteiger partial charge in [0.15, 0.2) is 0 Å². The van der Waals surface area contributed by atoms with Gasteiger partial charge in [0.2, 0.25) is 0 Å². The summed E-state index contributed by atoms with van der Waals surface area (Å²) in [7, 11) is 0. The van der Waals surface area contributed by atoms with E-state index in [1.54, 1.807) is 12.1 Å². The number of hydrogen-bond acceptors (Lipinski definition) is 2. The van der Waals surface area contributed by atoms with E-state index in [0.29, 0.717) is 6.04 Å². The number of benzene rings is 1. The fourth-order valence-corrected chi connectivity index (χ4v) is 2.96. The van der Waals surface area contributed by atoms with Crippen molar-refractivity contribution in [3.8, 4) is 0 Å². The average Bonchev–Trinajstić information content (AvgIpc) is 2.76. The molecule has 2 nitrogen and oxygen atoms in total. The van der Waals surface area contributed by atoms with Crippen LogP contribution in [0.1, 0.15) is 12.8 Å². The molecule has 2 atom stereocenters. The third-order valence-electron chi connectivity index (χ3n) is 3.87. The van der Waals surface area contributed by atoms with Gasteiger partial charge in [-0.25, -0.2) is 4.39 Å². The number of hydrogen-bond donors (Lipinski definition) is 1. The molecule has 2 heterocycles. The predicted octanol–water partition coefficient (Wildman–Crippen LogP) is 2.01. The van der Waals surface area contributed by atoms with Crippen LogP contribution in [0.25, 0.3) is 0 Å². The Morgan fingerprint density at radius 1 is 1.25 bits per heavy atom. The van der Waals surface area contributed by atoms with Crippen LogP contribution < -0.4 is 10.2 Å². The summed E-state index contributed by atoms with van der Waals surface area (Å²) in [5.74, 6) is 0.710. The Bertz CT molecular complexity index is 380. The third kappa shape index (κ3) is 1.69. The zero-order chi connectivity index (χ0) is 11.0. The summed E-state index contributed by atoms with van der Waals surface area (Å²) in [5.41, 5.74) is 0.759. The van der Waals surface area contributed by atoms with E-state index in [4.69, 9.17) is 0 Å². The van der Waals surface area contributed by atoms with Gasteiger partial charge < -0.3 is 10.2 Å². The second-order valence-electron chi connectivity index (χ2n) is 4.80. The van der Waals surface area contributed by atoms with E-state index in [1.807, 2.05) is 12.1 Å². The maximum Gasteiger partial charge on any atom is 0.146 e. The van der Waals surface area contributed by atoms with Crippen molar-refractivity contribution in [3.05, 3.63) is 30.1 Å². The molecule has 0 bridgehead atoms. The Balaban J connectivity index is 1.79. The predicted molar refractivity (Wildman–Crippen MR) is 63.1 cm³/mol. The lowest BCUT2D eigenvalue weighted by Crippen LogP contribution is -2.46. The molecule has 0 aromatic heterocycles. The fraction of sp³-hybridized carbons (Fsp3) is 0.538.